The molecule has 4 atom stereocenters. The maximum atomic E-state index is 13.7. The summed E-state index contributed by atoms with van der Waals surface area (Å²) in [4.78, 5) is 28.7. The van der Waals surface area contributed by atoms with Gasteiger partial charge in [0.1, 0.15) is 0 Å². The van der Waals surface area contributed by atoms with Crippen molar-refractivity contribution >= 4 is 17.5 Å². The predicted molar refractivity (Wildman–Crippen MR) is 118 cm³/mol. The predicted octanol–water partition coefficient (Wildman–Crippen LogP) is 4.80. The van der Waals surface area contributed by atoms with E-state index in [1.807, 2.05) is 60.7 Å². The largest absolute Gasteiger partial charge is 0.274 e. The van der Waals surface area contributed by atoms with Crippen LogP contribution in [0.15, 0.2) is 97.1 Å². The lowest BCUT2D eigenvalue weighted by Gasteiger charge is -2.32. The Kier molecular flexibility index (Phi) is 4.72. The maximum Gasteiger partial charge on any atom is 0.238 e. The zero-order chi connectivity index (χ0) is 21.4. The van der Waals surface area contributed by atoms with E-state index >= 15 is 0 Å². The minimum Gasteiger partial charge on any atom is -0.274 e. The molecule has 0 N–H and O–H groups in total. The fraction of sp³-hybridized carbons (Fsp3) is 0.148. The summed E-state index contributed by atoms with van der Waals surface area (Å²) >= 11 is 0. The SMILES string of the molecule is N#Cc1ccc(N2C(=O)[C@H]3[C@H](C2=O)[C@H](c2ccccc2)C=C[C@H]3c2ccccc2)cc1. The second kappa shape index (κ2) is 7.70. The van der Waals surface area contributed by atoms with Gasteiger partial charge in [-0.1, -0.05) is 72.8 Å². The van der Waals surface area contributed by atoms with Crippen LogP contribution in [0.4, 0.5) is 5.69 Å². The van der Waals surface area contributed by atoms with Gasteiger partial charge in [0.05, 0.1) is 29.2 Å². The average molecular weight is 404 g/mol. The first-order valence-electron chi connectivity index (χ1n) is 10.4. The summed E-state index contributed by atoms with van der Waals surface area (Å²) in [5, 5.41) is 9.08. The minimum atomic E-state index is -0.472. The number of carbonyl (C=O) groups excluding carboxylic acids is 2. The number of amides is 2. The standard InChI is InChI=1S/C27H20N2O2/c28-17-18-11-13-21(14-12-18)29-26(30)24-22(19-7-3-1-4-8-19)15-16-23(25(24)27(29)31)20-9-5-2-6-10-20/h1-16,22-25H/t22-,23-,24+,25+/m0/s1. The van der Waals surface area contributed by atoms with Gasteiger partial charge < -0.3 is 0 Å². The minimum absolute atomic E-state index is 0.161. The number of nitriles is 1. The Hall–Kier alpha value is -3.97. The third kappa shape index (κ3) is 3.15. The van der Waals surface area contributed by atoms with Crippen molar-refractivity contribution in [3.8, 4) is 6.07 Å². The number of fused-ring (bicyclic) bond motifs is 1. The molecule has 3 aromatic rings. The number of imide groups is 1. The fourth-order valence-electron chi connectivity index (χ4n) is 4.87. The van der Waals surface area contributed by atoms with E-state index in [1.165, 1.54) is 4.90 Å². The number of carbonyl (C=O) groups is 2. The molecule has 150 valence electrons. The highest BCUT2D eigenvalue weighted by atomic mass is 16.2. The first-order chi connectivity index (χ1) is 15.2. The van der Waals surface area contributed by atoms with Crippen LogP contribution in [-0.4, -0.2) is 11.8 Å². The summed E-state index contributed by atoms with van der Waals surface area (Å²) in [7, 11) is 0. The highest BCUT2D eigenvalue weighted by Gasteiger charge is 2.55. The van der Waals surface area contributed by atoms with E-state index in [1.54, 1.807) is 24.3 Å². The highest BCUT2D eigenvalue weighted by Crippen LogP contribution is 2.50. The van der Waals surface area contributed by atoms with Crippen molar-refractivity contribution in [2.24, 2.45) is 11.8 Å². The van der Waals surface area contributed by atoms with E-state index < -0.39 is 11.8 Å². The molecule has 5 rings (SSSR count). The monoisotopic (exact) mass is 404 g/mol. The lowest BCUT2D eigenvalue weighted by atomic mass is 9.68. The van der Waals surface area contributed by atoms with Crippen LogP contribution in [0.3, 0.4) is 0 Å². The summed E-state index contributed by atoms with van der Waals surface area (Å²) in [5.41, 5.74) is 3.07. The van der Waals surface area contributed by atoms with Gasteiger partial charge >= 0.3 is 0 Å². The van der Waals surface area contributed by atoms with Crippen molar-refractivity contribution in [1.82, 2.24) is 0 Å². The van der Waals surface area contributed by atoms with Gasteiger partial charge in [-0.05, 0) is 35.4 Å². The molecular formula is C27H20N2O2. The summed E-state index contributed by atoms with van der Waals surface area (Å²) in [5.74, 6) is -1.63. The quantitative estimate of drug-likeness (QED) is 0.465. The smallest absolute Gasteiger partial charge is 0.238 e. The van der Waals surface area contributed by atoms with E-state index in [-0.39, 0.29) is 23.7 Å². The van der Waals surface area contributed by atoms with Gasteiger partial charge in [-0.15, -0.1) is 0 Å². The number of hydrogen-bond donors (Lipinski definition) is 0. The van der Waals surface area contributed by atoms with Crippen molar-refractivity contribution in [3.63, 3.8) is 0 Å². The van der Waals surface area contributed by atoms with Gasteiger partial charge in [0.2, 0.25) is 11.8 Å². The van der Waals surface area contributed by atoms with Crippen molar-refractivity contribution < 1.29 is 9.59 Å². The lowest BCUT2D eigenvalue weighted by Crippen LogP contribution is -2.31. The molecule has 1 aliphatic heterocycles. The normalized spacial score (nSPS) is 24.7. The zero-order valence-corrected chi connectivity index (χ0v) is 16.8. The van der Waals surface area contributed by atoms with E-state index in [0.29, 0.717) is 11.3 Å². The van der Waals surface area contributed by atoms with E-state index in [0.717, 1.165) is 11.1 Å². The molecule has 1 aliphatic carbocycles. The number of nitrogens with zero attached hydrogens (tertiary/aromatic N) is 2. The van der Waals surface area contributed by atoms with E-state index in [2.05, 4.69) is 18.2 Å². The van der Waals surface area contributed by atoms with Crippen LogP contribution < -0.4 is 4.90 Å². The third-order valence-electron chi connectivity index (χ3n) is 6.32. The Morgan fingerprint density at radius 1 is 0.645 bits per heavy atom. The van der Waals surface area contributed by atoms with Crippen LogP contribution in [-0.2, 0) is 9.59 Å². The van der Waals surface area contributed by atoms with Gasteiger partial charge in [0, 0.05) is 11.8 Å². The third-order valence-corrected chi connectivity index (χ3v) is 6.32. The van der Waals surface area contributed by atoms with Gasteiger partial charge in [0.15, 0.2) is 0 Å². The second-order valence-electron chi connectivity index (χ2n) is 7.98. The van der Waals surface area contributed by atoms with Crippen LogP contribution in [0.5, 0.6) is 0 Å². The summed E-state index contributed by atoms with van der Waals surface area (Å²) in [6, 6.07) is 28.5. The van der Waals surface area contributed by atoms with E-state index in [9.17, 15) is 9.59 Å². The Labute approximate surface area is 181 Å². The number of anilines is 1. The van der Waals surface area contributed by atoms with Gasteiger partial charge in [0.25, 0.3) is 0 Å². The average Bonchev–Trinajstić information content (AvgIpc) is 3.10. The van der Waals surface area contributed by atoms with Crippen molar-refractivity contribution in [2.75, 3.05) is 4.90 Å². The Balaban J connectivity index is 1.61. The first kappa shape index (κ1) is 19.0. The van der Waals surface area contributed by atoms with Gasteiger partial charge in [-0.2, -0.15) is 5.26 Å². The first-order valence-corrected chi connectivity index (χ1v) is 10.4. The fourth-order valence-corrected chi connectivity index (χ4v) is 4.87. The topological polar surface area (TPSA) is 61.2 Å². The molecule has 4 nitrogen and oxygen atoms in total. The summed E-state index contributed by atoms with van der Waals surface area (Å²) in [6.45, 7) is 0. The molecule has 0 aromatic heterocycles. The Morgan fingerprint density at radius 3 is 1.52 bits per heavy atom. The molecule has 0 radical (unpaired) electrons. The molecule has 4 heteroatoms. The van der Waals surface area contributed by atoms with Crippen LogP contribution in [0.1, 0.15) is 28.5 Å². The van der Waals surface area contributed by atoms with Gasteiger partial charge in [-0.25, -0.2) is 4.90 Å². The zero-order valence-electron chi connectivity index (χ0n) is 16.8. The molecule has 3 aromatic carbocycles. The molecule has 0 saturated carbocycles. The summed E-state index contributed by atoms with van der Waals surface area (Å²) < 4.78 is 0. The van der Waals surface area contributed by atoms with Crippen molar-refractivity contribution in [2.45, 2.75) is 11.8 Å². The Bertz CT molecular complexity index is 1130. The van der Waals surface area contributed by atoms with Crippen LogP contribution in [0, 0.1) is 23.2 Å². The highest BCUT2D eigenvalue weighted by molar-refractivity contribution is 6.23. The van der Waals surface area contributed by atoms with Crippen LogP contribution in [0.25, 0.3) is 0 Å². The summed E-state index contributed by atoms with van der Waals surface area (Å²) in [6.07, 6.45) is 4.17. The molecule has 0 unspecified atom stereocenters. The van der Waals surface area contributed by atoms with Crippen LogP contribution >= 0.6 is 0 Å². The molecule has 0 spiro atoms. The molecular weight excluding hydrogens is 384 g/mol. The lowest BCUT2D eigenvalue weighted by molar-refractivity contribution is -0.122. The molecule has 0 bridgehead atoms. The molecule has 1 fully saturated rings. The molecule has 2 aliphatic rings. The molecule has 1 heterocycles. The number of benzene rings is 3. The van der Waals surface area contributed by atoms with Crippen LogP contribution in [0.2, 0.25) is 0 Å². The number of allylic oxidation sites excluding steroid dienone is 2. The second-order valence-corrected chi connectivity index (χ2v) is 7.98. The maximum absolute atomic E-state index is 13.7. The number of hydrogen-bond acceptors (Lipinski definition) is 3. The molecule has 1 saturated heterocycles. The molecule has 2 amide bonds. The molecule has 31 heavy (non-hydrogen) atoms. The number of rotatable bonds is 3. The van der Waals surface area contributed by atoms with E-state index in [4.69, 9.17) is 5.26 Å². The van der Waals surface area contributed by atoms with Gasteiger partial charge in [-0.3, -0.25) is 9.59 Å². The van der Waals surface area contributed by atoms with Crippen molar-refractivity contribution in [3.05, 3.63) is 114 Å². The Morgan fingerprint density at radius 2 is 1.10 bits per heavy atom. The van der Waals surface area contributed by atoms with Crippen molar-refractivity contribution in [1.29, 1.82) is 5.26 Å².